The van der Waals surface area contributed by atoms with Crippen LogP contribution in [0.5, 0.6) is 0 Å². The summed E-state index contributed by atoms with van der Waals surface area (Å²) < 4.78 is 107. The van der Waals surface area contributed by atoms with E-state index < -0.39 is 52.6 Å². The van der Waals surface area contributed by atoms with E-state index in [1.54, 1.807) is 13.0 Å². The number of imidazole rings is 1. The van der Waals surface area contributed by atoms with Gasteiger partial charge in [0.05, 0.1) is 35.4 Å². The fourth-order valence-corrected chi connectivity index (χ4v) is 4.28. The van der Waals surface area contributed by atoms with E-state index in [-0.39, 0.29) is 29.9 Å². The van der Waals surface area contributed by atoms with Crippen LogP contribution in [0.25, 0.3) is 17.3 Å². The number of anilines is 2. The van der Waals surface area contributed by atoms with Gasteiger partial charge in [0, 0.05) is 17.8 Å². The molecule has 220 valence electrons. The summed E-state index contributed by atoms with van der Waals surface area (Å²) in [7, 11) is 0. The van der Waals surface area contributed by atoms with Gasteiger partial charge >= 0.3 is 18.3 Å². The highest BCUT2D eigenvalue weighted by atomic mass is 19.4. The number of halogens is 7. The zero-order valence-electron chi connectivity index (χ0n) is 21.5. The van der Waals surface area contributed by atoms with Crippen molar-refractivity contribution in [3.05, 3.63) is 89.5 Å². The SMILES string of the molecule is CCCOC(=O)C(c1cc(-c2ccc(C(F)(F)F)cc2C(F)(F)F)no1)n1cnc2c1C=CN(c1ccccc1F)N2. The van der Waals surface area contributed by atoms with Crippen LogP contribution < -0.4 is 10.4 Å². The number of hydrogen-bond donors (Lipinski definition) is 1. The molecule has 2 aromatic carbocycles. The molecule has 1 N–H and O–H groups in total. The zero-order chi connectivity index (χ0) is 30.2. The van der Waals surface area contributed by atoms with E-state index in [1.165, 1.54) is 46.4 Å². The Morgan fingerprint density at radius 1 is 1.07 bits per heavy atom. The molecule has 42 heavy (non-hydrogen) atoms. The van der Waals surface area contributed by atoms with Crippen molar-refractivity contribution in [1.82, 2.24) is 14.7 Å². The third kappa shape index (κ3) is 5.53. The number of aromatic nitrogens is 3. The number of carbonyl (C=O) groups excluding carboxylic acids is 1. The van der Waals surface area contributed by atoms with Crippen molar-refractivity contribution in [2.24, 2.45) is 0 Å². The molecule has 0 aliphatic carbocycles. The van der Waals surface area contributed by atoms with Gasteiger partial charge in [-0.15, -0.1) is 0 Å². The average Bonchev–Trinajstić information content (AvgIpc) is 3.59. The van der Waals surface area contributed by atoms with Crippen LogP contribution in [-0.4, -0.2) is 27.3 Å². The van der Waals surface area contributed by atoms with Crippen LogP contribution in [-0.2, 0) is 21.9 Å². The van der Waals surface area contributed by atoms with Crippen molar-refractivity contribution in [2.45, 2.75) is 31.7 Å². The average molecular weight is 595 g/mol. The van der Waals surface area contributed by atoms with Gasteiger partial charge in [-0.25, -0.2) is 14.2 Å². The van der Waals surface area contributed by atoms with Crippen molar-refractivity contribution in [2.75, 3.05) is 17.0 Å². The fourth-order valence-electron chi connectivity index (χ4n) is 4.28. The van der Waals surface area contributed by atoms with E-state index in [0.717, 1.165) is 6.07 Å². The number of nitrogens with zero attached hydrogens (tertiary/aromatic N) is 4. The summed E-state index contributed by atoms with van der Waals surface area (Å²) in [6, 6.07) is 6.65. The summed E-state index contributed by atoms with van der Waals surface area (Å²) in [6.45, 7) is 1.76. The van der Waals surface area contributed by atoms with Crippen LogP contribution in [0.3, 0.4) is 0 Å². The zero-order valence-corrected chi connectivity index (χ0v) is 21.5. The molecule has 0 radical (unpaired) electrons. The number of hydrazine groups is 1. The molecule has 0 saturated carbocycles. The standard InChI is InChI=1S/C27H20F7N5O3/c1-2-11-41-25(40)23(38-14-35-24-21(38)9-10-39(36-24)20-6-4-3-5-18(20)28)22-13-19(37-42-22)16-8-7-15(26(29,30)31)12-17(16)27(32,33)34/h3-10,12-14,23,36H,2,11H2,1H3. The summed E-state index contributed by atoms with van der Waals surface area (Å²) in [4.78, 5) is 17.4. The second kappa shape index (κ2) is 10.9. The Hall–Kier alpha value is -4.82. The van der Waals surface area contributed by atoms with Gasteiger partial charge in [-0.05, 0) is 36.8 Å². The Labute approximate surface area is 233 Å². The maximum Gasteiger partial charge on any atom is 0.417 e. The quantitative estimate of drug-likeness (QED) is 0.181. The van der Waals surface area contributed by atoms with Crippen LogP contribution >= 0.6 is 0 Å². The fraction of sp³-hybridized carbons (Fsp3) is 0.222. The highest BCUT2D eigenvalue weighted by molar-refractivity contribution is 5.80. The number of para-hydroxylation sites is 1. The van der Waals surface area contributed by atoms with E-state index in [4.69, 9.17) is 9.26 Å². The van der Waals surface area contributed by atoms with Gasteiger partial charge in [0.25, 0.3) is 0 Å². The maximum absolute atomic E-state index is 14.3. The summed E-state index contributed by atoms with van der Waals surface area (Å²) >= 11 is 0. The molecule has 1 unspecified atom stereocenters. The smallest absolute Gasteiger partial charge is 0.417 e. The molecule has 0 saturated heterocycles. The first-order valence-corrected chi connectivity index (χ1v) is 12.4. The predicted molar refractivity (Wildman–Crippen MR) is 135 cm³/mol. The highest BCUT2D eigenvalue weighted by Crippen LogP contribution is 2.41. The van der Waals surface area contributed by atoms with E-state index in [9.17, 15) is 35.5 Å². The van der Waals surface area contributed by atoms with Gasteiger partial charge < -0.3 is 13.8 Å². The normalized spacial score (nSPS) is 14.0. The van der Waals surface area contributed by atoms with Crippen LogP contribution in [0.15, 0.2) is 65.6 Å². The molecule has 0 fully saturated rings. The first-order chi connectivity index (χ1) is 19.9. The van der Waals surface area contributed by atoms with Gasteiger partial charge in [0.1, 0.15) is 11.5 Å². The molecule has 1 aliphatic heterocycles. The van der Waals surface area contributed by atoms with Crippen LogP contribution in [0.1, 0.15) is 42.0 Å². The number of rotatable bonds is 7. The summed E-state index contributed by atoms with van der Waals surface area (Å²) in [5.74, 6) is -1.43. The molecular weight excluding hydrogens is 575 g/mol. The van der Waals surface area contributed by atoms with Crippen molar-refractivity contribution >= 4 is 23.6 Å². The lowest BCUT2D eigenvalue weighted by atomic mass is 10.00. The van der Waals surface area contributed by atoms with E-state index in [1.807, 2.05) is 0 Å². The van der Waals surface area contributed by atoms with Crippen molar-refractivity contribution in [3.63, 3.8) is 0 Å². The van der Waals surface area contributed by atoms with Gasteiger partial charge in [-0.2, -0.15) is 26.3 Å². The molecule has 1 aliphatic rings. The Kier molecular flexibility index (Phi) is 7.43. The van der Waals surface area contributed by atoms with Crippen LogP contribution in [0.4, 0.5) is 42.2 Å². The van der Waals surface area contributed by atoms with Crippen LogP contribution in [0.2, 0.25) is 0 Å². The topological polar surface area (TPSA) is 85.4 Å². The van der Waals surface area contributed by atoms with Gasteiger partial charge in [0.15, 0.2) is 17.6 Å². The molecule has 8 nitrogen and oxygen atoms in total. The van der Waals surface area contributed by atoms with Gasteiger partial charge in [-0.3, -0.25) is 10.4 Å². The summed E-state index contributed by atoms with van der Waals surface area (Å²) in [6.07, 6.45) is -5.48. The Bertz CT molecular complexity index is 1640. The number of nitrogens with one attached hydrogen (secondary N) is 1. The van der Waals surface area contributed by atoms with Gasteiger partial charge in [-0.1, -0.05) is 30.3 Å². The predicted octanol–water partition coefficient (Wildman–Crippen LogP) is 7.08. The number of ether oxygens (including phenoxy) is 1. The summed E-state index contributed by atoms with van der Waals surface area (Å²) in [5, 5.41) is 4.99. The Balaban J connectivity index is 1.54. The molecule has 4 aromatic rings. The van der Waals surface area contributed by atoms with Gasteiger partial charge in [0.2, 0.25) is 0 Å². The lowest BCUT2D eigenvalue weighted by Crippen LogP contribution is -2.29. The second-order valence-electron chi connectivity index (χ2n) is 9.08. The number of hydrogen-bond acceptors (Lipinski definition) is 7. The molecule has 1 atom stereocenters. The second-order valence-corrected chi connectivity index (χ2v) is 9.08. The minimum atomic E-state index is -5.15. The lowest BCUT2D eigenvalue weighted by molar-refractivity contribution is -0.147. The van der Waals surface area contributed by atoms with E-state index >= 15 is 0 Å². The number of carbonyl (C=O) groups is 1. The van der Waals surface area contributed by atoms with Crippen LogP contribution in [0, 0.1) is 5.82 Å². The third-order valence-electron chi connectivity index (χ3n) is 6.23. The van der Waals surface area contributed by atoms with Crippen molar-refractivity contribution in [3.8, 4) is 11.3 Å². The maximum atomic E-state index is 14.3. The Morgan fingerprint density at radius 2 is 1.83 bits per heavy atom. The minimum Gasteiger partial charge on any atom is -0.464 e. The highest BCUT2D eigenvalue weighted by Gasteiger charge is 2.40. The van der Waals surface area contributed by atoms with E-state index in [0.29, 0.717) is 24.2 Å². The Morgan fingerprint density at radius 3 is 2.52 bits per heavy atom. The third-order valence-corrected chi connectivity index (χ3v) is 6.23. The summed E-state index contributed by atoms with van der Waals surface area (Å²) in [5.41, 5.74) is -0.811. The molecule has 0 bridgehead atoms. The number of alkyl halides is 6. The monoisotopic (exact) mass is 595 g/mol. The van der Waals surface area contributed by atoms with Crippen molar-refractivity contribution in [1.29, 1.82) is 0 Å². The first-order valence-electron chi connectivity index (χ1n) is 12.4. The largest absolute Gasteiger partial charge is 0.464 e. The molecular formula is C27H20F7N5O3. The van der Waals surface area contributed by atoms with Crippen molar-refractivity contribution < 1.29 is 44.8 Å². The van der Waals surface area contributed by atoms with E-state index in [2.05, 4.69) is 15.6 Å². The molecule has 3 heterocycles. The number of fused-ring (bicyclic) bond motifs is 1. The molecule has 2 aromatic heterocycles. The number of benzene rings is 2. The molecule has 15 heteroatoms. The molecule has 0 amide bonds. The lowest BCUT2D eigenvalue weighted by Gasteiger charge is -2.26. The molecule has 5 rings (SSSR count). The first kappa shape index (κ1) is 28.7. The minimum absolute atomic E-state index is 0.0132. The molecule has 0 spiro atoms. The number of esters is 1.